The van der Waals surface area contributed by atoms with Gasteiger partial charge in [-0.05, 0) is 67.6 Å². The molecule has 0 aliphatic heterocycles. The SMILES string of the molecule is CC(=O)c1ccc(N(C(=O)c2ccccn2)[C@H](C(=O)NC2CCCCC2)c2cccs2)cc1. The van der Waals surface area contributed by atoms with Crippen molar-refractivity contribution in [2.24, 2.45) is 0 Å². The second kappa shape index (κ2) is 10.5. The molecule has 1 fully saturated rings. The summed E-state index contributed by atoms with van der Waals surface area (Å²) in [6.07, 6.45) is 6.84. The van der Waals surface area contributed by atoms with Gasteiger partial charge >= 0.3 is 0 Å². The number of rotatable bonds is 7. The first-order valence-corrected chi connectivity index (χ1v) is 12.1. The highest BCUT2D eigenvalue weighted by Gasteiger charge is 2.35. The van der Waals surface area contributed by atoms with Crippen molar-refractivity contribution in [1.29, 1.82) is 0 Å². The lowest BCUT2D eigenvalue weighted by Crippen LogP contribution is -2.47. The number of benzene rings is 1. The molecule has 0 bridgehead atoms. The fourth-order valence-corrected chi connectivity index (χ4v) is 5.01. The number of carbonyl (C=O) groups excluding carboxylic acids is 3. The van der Waals surface area contributed by atoms with Crippen molar-refractivity contribution in [3.8, 4) is 0 Å². The highest BCUT2D eigenvalue weighted by Crippen LogP contribution is 2.33. The fraction of sp³-hybridized carbons (Fsp3) is 0.308. The first-order valence-electron chi connectivity index (χ1n) is 11.2. The van der Waals surface area contributed by atoms with Crippen molar-refractivity contribution in [1.82, 2.24) is 10.3 Å². The molecule has 4 rings (SSSR count). The highest BCUT2D eigenvalue weighted by atomic mass is 32.1. The van der Waals surface area contributed by atoms with Gasteiger partial charge in [0.05, 0.1) is 0 Å². The van der Waals surface area contributed by atoms with Crippen LogP contribution in [0.5, 0.6) is 0 Å². The Labute approximate surface area is 197 Å². The van der Waals surface area contributed by atoms with E-state index in [9.17, 15) is 14.4 Å². The number of Topliss-reactive ketones (excluding diaryl/α,β-unsaturated/α-hetero) is 1. The Morgan fingerprint density at radius 3 is 2.36 bits per heavy atom. The zero-order chi connectivity index (χ0) is 23.2. The van der Waals surface area contributed by atoms with Crippen LogP contribution in [0.3, 0.4) is 0 Å². The van der Waals surface area contributed by atoms with Crippen molar-refractivity contribution in [3.63, 3.8) is 0 Å². The highest BCUT2D eigenvalue weighted by molar-refractivity contribution is 7.10. The normalized spacial score (nSPS) is 14.9. The van der Waals surface area contributed by atoms with Gasteiger partial charge in [-0.2, -0.15) is 0 Å². The zero-order valence-corrected chi connectivity index (χ0v) is 19.4. The number of hydrogen-bond donors (Lipinski definition) is 1. The van der Waals surface area contributed by atoms with Crippen LogP contribution in [0.4, 0.5) is 5.69 Å². The quantitative estimate of drug-likeness (QED) is 0.492. The van der Waals surface area contributed by atoms with E-state index in [1.807, 2.05) is 17.5 Å². The maximum Gasteiger partial charge on any atom is 0.277 e. The summed E-state index contributed by atoms with van der Waals surface area (Å²) in [6, 6.07) is 14.9. The van der Waals surface area contributed by atoms with E-state index in [-0.39, 0.29) is 29.3 Å². The van der Waals surface area contributed by atoms with E-state index >= 15 is 0 Å². The lowest BCUT2D eigenvalue weighted by Gasteiger charge is -2.32. The number of pyridine rings is 1. The average Bonchev–Trinajstić information content (AvgIpc) is 3.37. The van der Waals surface area contributed by atoms with Gasteiger partial charge in [-0.15, -0.1) is 11.3 Å². The second-order valence-electron chi connectivity index (χ2n) is 8.25. The van der Waals surface area contributed by atoms with Crippen LogP contribution < -0.4 is 10.2 Å². The topological polar surface area (TPSA) is 79.4 Å². The Morgan fingerprint density at radius 2 is 1.76 bits per heavy atom. The number of thiophene rings is 1. The Kier molecular flexibility index (Phi) is 7.29. The summed E-state index contributed by atoms with van der Waals surface area (Å²) in [7, 11) is 0. The van der Waals surface area contributed by atoms with E-state index in [0.29, 0.717) is 11.3 Å². The van der Waals surface area contributed by atoms with Gasteiger partial charge < -0.3 is 5.32 Å². The van der Waals surface area contributed by atoms with Gasteiger partial charge in [-0.1, -0.05) is 31.4 Å². The molecule has 1 aliphatic carbocycles. The first kappa shape index (κ1) is 22.9. The van der Waals surface area contributed by atoms with Gasteiger partial charge in [-0.25, -0.2) is 0 Å². The number of nitrogens with one attached hydrogen (secondary N) is 1. The second-order valence-corrected chi connectivity index (χ2v) is 9.23. The van der Waals surface area contributed by atoms with Crippen LogP contribution in [0.2, 0.25) is 0 Å². The molecule has 7 heteroatoms. The van der Waals surface area contributed by atoms with Gasteiger partial charge in [0, 0.05) is 28.4 Å². The molecule has 1 saturated carbocycles. The molecule has 2 heterocycles. The molecule has 0 saturated heterocycles. The van der Waals surface area contributed by atoms with E-state index in [0.717, 1.165) is 30.6 Å². The van der Waals surface area contributed by atoms with Crippen molar-refractivity contribution < 1.29 is 14.4 Å². The Balaban J connectivity index is 1.76. The van der Waals surface area contributed by atoms with E-state index in [4.69, 9.17) is 0 Å². The molecule has 2 amide bonds. The number of anilines is 1. The molecular formula is C26H27N3O3S. The fourth-order valence-electron chi connectivity index (χ4n) is 4.20. The molecule has 0 spiro atoms. The van der Waals surface area contributed by atoms with Crippen molar-refractivity contribution in [3.05, 3.63) is 82.3 Å². The first-order chi connectivity index (χ1) is 16.0. The van der Waals surface area contributed by atoms with E-state index in [1.165, 1.54) is 29.6 Å². The molecule has 1 aromatic carbocycles. The van der Waals surface area contributed by atoms with Gasteiger partial charge in [0.1, 0.15) is 5.69 Å². The lowest BCUT2D eigenvalue weighted by atomic mass is 9.95. The lowest BCUT2D eigenvalue weighted by molar-refractivity contribution is -0.123. The molecular weight excluding hydrogens is 434 g/mol. The Morgan fingerprint density at radius 1 is 1.00 bits per heavy atom. The molecule has 2 aromatic heterocycles. The number of hydrogen-bond acceptors (Lipinski definition) is 5. The maximum absolute atomic E-state index is 13.7. The molecule has 6 nitrogen and oxygen atoms in total. The largest absolute Gasteiger partial charge is 0.351 e. The van der Waals surface area contributed by atoms with Crippen LogP contribution in [0.25, 0.3) is 0 Å². The summed E-state index contributed by atoms with van der Waals surface area (Å²) >= 11 is 1.44. The minimum absolute atomic E-state index is 0.0611. The van der Waals surface area contributed by atoms with Crippen molar-refractivity contribution >= 4 is 34.6 Å². The summed E-state index contributed by atoms with van der Waals surface area (Å²) in [6.45, 7) is 1.50. The summed E-state index contributed by atoms with van der Waals surface area (Å²) in [5.41, 5.74) is 1.33. The van der Waals surface area contributed by atoms with E-state index < -0.39 is 6.04 Å². The van der Waals surface area contributed by atoms with Crippen LogP contribution in [-0.2, 0) is 4.79 Å². The third kappa shape index (κ3) is 5.37. The number of aromatic nitrogens is 1. The smallest absolute Gasteiger partial charge is 0.277 e. The predicted octanol–water partition coefficient (Wildman–Crippen LogP) is 5.18. The van der Waals surface area contributed by atoms with Crippen LogP contribution in [0.15, 0.2) is 66.2 Å². The third-order valence-corrected chi connectivity index (χ3v) is 6.85. The minimum Gasteiger partial charge on any atom is -0.351 e. The monoisotopic (exact) mass is 461 g/mol. The number of ketones is 1. The van der Waals surface area contributed by atoms with Crippen molar-refractivity contribution in [2.75, 3.05) is 4.90 Å². The Bertz CT molecular complexity index is 1090. The summed E-state index contributed by atoms with van der Waals surface area (Å²) in [5, 5.41) is 5.09. The molecule has 0 unspecified atom stereocenters. The van der Waals surface area contributed by atoms with Crippen LogP contribution in [0.1, 0.15) is 70.8 Å². The maximum atomic E-state index is 13.7. The van der Waals surface area contributed by atoms with E-state index in [2.05, 4.69) is 10.3 Å². The zero-order valence-electron chi connectivity index (χ0n) is 18.6. The predicted molar refractivity (Wildman–Crippen MR) is 130 cm³/mol. The molecule has 0 radical (unpaired) electrons. The standard InChI is InChI=1S/C26H27N3O3S/c1-18(30)19-12-14-21(15-13-19)29(26(32)22-10-5-6-16-27-22)24(23-11-7-17-33-23)25(31)28-20-8-3-2-4-9-20/h5-7,10-17,20,24H,2-4,8-9H2,1H3,(H,28,31)/t24-/m0/s1. The van der Waals surface area contributed by atoms with Crippen molar-refractivity contribution in [2.45, 2.75) is 51.1 Å². The number of nitrogens with zero attached hydrogens (tertiary/aromatic N) is 2. The van der Waals surface area contributed by atoms with Crippen LogP contribution in [-0.4, -0.2) is 28.6 Å². The molecule has 1 atom stereocenters. The van der Waals surface area contributed by atoms with Gasteiger partial charge in [0.2, 0.25) is 5.91 Å². The Hall–Kier alpha value is -3.32. The van der Waals surface area contributed by atoms with Gasteiger partial charge in [0.15, 0.2) is 11.8 Å². The average molecular weight is 462 g/mol. The summed E-state index contributed by atoms with van der Waals surface area (Å²) in [5.74, 6) is -0.637. The van der Waals surface area contributed by atoms with Crippen LogP contribution >= 0.6 is 11.3 Å². The molecule has 1 aliphatic rings. The molecule has 1 N–H and O–H groups in total. The summed E-state index contributed by atoms with van der Waals surface area (Å²) < 4.78 is 0. The van der Waals surface area contributed by atoms with E-state index in [1.54, 1.807) is 48.7 Å². The third-order valence-electron chi connectivity index (χ3n) is 5.93. The molecule has 3 aromatic rings. The van der Waals surface area contributed by atoms with Gasteiger partial charge in [-0.3, -0.25) is 24.3 Å². The number of carbonyl (C=O) groups is 3. The molecule has 33 heavy (non-hydrogen) atoms. The minimum atomic E-state index is -0.843. The summed E-state index contributed by atoms with van der Waals surface area (Å²) in [4.78, 5) is 45.7. The molecule has 170 valence electrons. The van der Waals surface area contributed by atoms with Gasteiger partial charge in [0.25, 0.3) is 5.91 Å². The van der Waals surface area contributed by atoms with Crippen LogP contribution in [0, 0.1) is 0 Å². The number of amides is 2.